The number of hydrogen-bond donors (Lipinski definition) is 0. The third-order valence-electron chi connectivity index (χ3n) is 7.09. The minimum atomic E-state index is -2.90. The molecule has 1 amide bonds. The number of rotatable bonds is 4. The lowest BCUT2D eigenvalue weighted by Gasteiger charge is -2.35. The van der Waals surface area contributed by atoms with E-state index in [9.17, 15) is 9.00 Å². The van der Waals surface area contributed by atoms with Gasteiger partial charge in [-0.2, -0.15) is 4.36 Å². The van der Waals surface area contributed by atoms with Crippen molar-refractivity contribution in [2.45, 2.75) is 51.3 Å². The highest BCUT2D eigenvalue weighted by molar-refractivity contribution is 7.94. The van der Waals surface area contributed by atoms with Crippen molar-refractivity contribution in [3.05, 3.63) is 48.4 Å². The number of aromatic nitrogens is 3. The molecule has 2 aliphatic rings. The summed E-state index contributed by atoms with van der Waals surface area (Å²) in [6, 6.07) is 10.0. The molecular weight excluding hydrogens is 474 g/mol. The topological polar surface area (TPSA) is 97.6 Å². The summed E-state index contributed by atoms with van der Waals surface area (Å²) in [6.45, 7) is 9.43. The highest BCUT2D eigenvalue weighted by Gasteiger charge is 2.54. The van der Waals surface area contributed by atoms with Crippen molar-refractivity contribution in [3.63, 3.8) is 0 Å². The first-order chi connectivity index (χ1) is 17.0. The minimum Gasteiger partial charge on any atom is -0.377 e. The Balaban J connectivity index is 1.70. The van der Waals surface area contributed by atoms with Crippen molar-refractivity contribution < 1.29 is 13.7 Å². The maximum Gasteiger partial charge on any atom is 0.259 e. The molecule has 1 aliphatic heterocycles. The molecule has 190 valence electrons. The van der Waals surface area contributed by atoms with Gasteiger partial charge >= 0.3 is 0 Å². The Labute approximate surface area is 212 Å². The lowest BCUT2D eigenvalue weighted by Crippen LogP contribution is -2.44. The Morgan fingerprint density at radius 3 is 2.69 bits per heavy atom. The molecule has 0 radical (unpaired) electrons. The van der Waals surface area contributed by atoms with E-state index in [4.69, 9.17) is 14.7 Å². The van der Waals surface area contributed by atoms with E-state index >= 15 is 0 Å². The summed E-state index contributed by atoms with van der Waals surface area (Å²) in [5, 5.41) is 2.00. The summed E-state index contributed by atoms with van der Waals surface area (Å²) >= 11 is 0. The van der Waals surface area contributed by atoms with Crippen molar-refractivity contribution in [1.82, 2.24) is 15.0 Å². The van der Waals surface area contributed by atoms with E-state index in [1.807, 2.05) is 36.5 Å². The third kappa shape index (κ3) is 4.39. The number of anilines is 1. The molecule has 0 N–H and O–H groups in total. The second-order valence-corrected chi connectivity index (χ2v) is 13.5. The van der Waals surface area contributed by atoms with Crippen LogP contribution in [0.3, 0.4) is 0 Å². The summed E-state index contributed by atoms with van der Waals surface area (Å²) in [6.07, 6.45) is 6.52. The van der Waals surface area contributed by atoms with Crippen LogP contribution in [0.1, 0.15) is 46.2 Å². The second-order valence-electron chi connectivity index (χ2n) is 10.9. The zero-order valence-electron chi connectivity index (χ0n) is 21.5. The van der Waals surface area contributed by atoms with Crippen molar-refractivity contribution in [2.24, 2.45) is 9.78 Å². The summed E-state index contributed by atoms with van der Waals surface area (Å²) < 4.78 is 23.2. The normalized spacial score (nSPS) is 21.1. The number of carbonyl (C=O) groups excluding carboxylic acids is 1. The van der Waals surface area contributed by atoms with Gasteiger partial charge in [0.15, 0.2) is 5.82 Å². The van der Waals surface area contributed by atoms with Crippen LogP contribution in [0, 0.1) is 5.41 Å². The van der Waals surface area contributed by atoms with Gasteiger partial charge in [-0.3, -0.25) is 9.78 Å². The van der Waals surface area contributed by atoms with E-state index in [-0.39, 0.29) is 11.9 Å². The fraction of sp³-hybridized carbons (Fsp3) is 0.481. The third-order valence-corrected chi connectivity index (χ3v) is 9.67. The van der Waals surface area contributed by atoms with Crippen LogP contribution in [-0.4, -0.2) is 57.1 Å². The van der Waals surface area contributed by atoms with Crippen LogP contribution < -0.4 is 4.90 Å². The summed E-state index contributed by atoms with van der Waals surface area (Å²) in [4.78, 5) is 29.2. The summed E-state index contributed by atoms with van der Waals surface area (Å²) in [7, 11) is -2.90. The van der Waals surface area contributed by atoms with Crippen LogP contribution in [0.2, 0.25) is 0 Å². The van der Waals surface area contributed by atoms with Gasteiger partial charge in [0.25, 0.3) is 5.91 Å². The largest absolute Gasteiger partial charge is 0.377 e. The zero-order valence-corrected chi connectivity index (χ0v) is 22.3. The molecule has 1 aliphatic carbocycles. The van der Waals surface area contributed by atoms with E-state index < -0.39 is 19.9 Å². The second kappa shape index (κ2) is 8.88. The highest BCUT2D eigenvalue weighted by atomic mass is 32.2. The van der Waals surface area contributed by atoms with Gasteiger partial charge in [-0.25, -0.2) is 14.2 Å². The minimum absolute atomic E-state index is 0.138. The molecular formula is C27H33N5O3S. The summed E-state index contributed by atoms with van der Waals surface area (Å²) in [5.74, 6) is 1.00. The van der Waals surface area contributed by atoms with Gasteiger partial charge in [0.05, 0.1) is 39.4 Å². The van der Waals surface area contributed by atoms with E-state index in [0.29, 0.717) is 44.1 Å². The van der Waals surface area contributed by atoms with E-state index in [1.165, 1.54) is 0 Å². The van der Waals surface area contributed by atoms with Crippen molar-refractivity contribution in [2.75, 3.05) is 30.9 Å². The van der Waals surface area contributed by atoms with Gasteiger partial charge in [0, 0.05) is 47.6 Å². The molecule has 0 spiro atoms. The Morgan fingerprint density at radius 1 is 1.22 bits per heavy atom. The van der Waals surface area contributed by atoms with E-state index in [2.05, 4.69) is 21.2 Å². The fourth-order valence-electron chi connectivity index (χ4n) is 4.65. The predicted molar refractivity (Wildman–Crippen MR) is 142 cm³/mol. The first-order valence-electron chi connectivity index (χ1n) is 12.4. The first-order valence-corrected chi connectivity index (χ1v) is 14.3. The van der Waals surface area contributed by atoms with Crippen LogP contribution in [-0.2, 0) is 24.0 Å². The number of ether oxygens (including phenoxy) is 1. The molecule has 0 bridgehead atoms. The molecule has 1 saturated heterocycles. The van der Waals surface area contributed by atoms with Gasteiger partial charge in [-0.1, -0.05) is 39.0 Å². The molecule has 3 heterocycles. The number of amides is 1. The van der Waals surface area contributed by atoms with Crippen LogP contribution in [0.25, 0.3) is 22.2 Å². The molecule has 1 aromatic carbocycles. The molecule has 2 aromatic heterocycles. The van der Waals surface area contributed by atoms with Crippen molar-refractivity contribution in [1.29, 1.82) is 0 Å². The predicted octanol–water partition coefficient (Wildman–Crippen LogP) is 4.58. The van der Waals surface area contributed by atoms with Crippen molar-refractivity contribution in [3.8, 4) is 11.4 Å². The van der Waals surface area contributed by atoms with Gasteiger partial charge in [0.2, 0.25) is 0 Å². The standard InChI is InChI=1S/C27H33N5O3S/c1-18-17-35-14-13-32(18)23-15-22(27(10-11-27)36(5,34)31-25(33)26(2,3)4)29-24(30-23)21-8-6-7-19-16-28-12-9-20(19)21/h6-9,12,15-16,18H,10-11,13-14,17H2,1-5H3. The van der Waals surface area contributed by atoms with E-state index in [1.54, 1.807) is 33.2 Å². The summed E-state index contributed by atoms with van der Waals surface area (Å²) in [5.41, 5.74) is 0.877. The first kappa shape index (κ1) is 24.8. The number of pyridine rings is 1. The zero-order chi connectivity index (χ0) is 25.7. The molecule has 9 heteroatoms. The van der Waals surface area contributed by atoms with E-state index in [0.717, 1.165) is 22.2 Å². The molecule has 36 heavy (non-hydrogen) atoms. The smallest absolute Gasteiger partial charge is 0.259 e. The molecule has 3 aromatic rings. The van der Waals surface area contributed by atoms with Gasteiger partial charge < -0.3 is 9.64 Å². The van der Waals surface area contributed by atoms with Gasteiger partial charge in [-0.05, 0) is 31.2 Å². The SMILES string of the molecule is CC1COCCN1c1cc(C2(S(C)(=O)=NC(=O)C(C)(C)C)CC2)nc(-c2cccc3cnccc23)n1. The fourth-order valence-corrected chi connectivity index (χ4v) is 6.76. The van der Waals surface area contributed by atoms with Gasteiger partial charge in [-0.15, -0.1) is 0 Å². The number of nitrogens with zero attached hydrogens (tertiary/aromatic N) is 5. The van der Waals surface area contributed by atoms with Crippen LogP contribution in [0.5, 0.6) is 0 Å². The Kier molecular flexibility index (Phi) is 6.11. The maximum atomic E-state index is 14.1. The molecule has 2 atom stereocenters. The van der Waals surface area contributed by atoms with Gasteiger partial charge in [0.1, 0.15) is 5.82 Å². The number of hydrogen-bond acceptors (Lipinski definition) is 7. The molecule has 5 rings (SSSR count). The Bertz CT molecular complexity index is 1450. The number of morpholine rings is 1. The van der Waals surface area contributed by atoms with Crippen LogP contribution in [0.4, 0.5) is 5.82 Å². The lowest BCUT2D eigenvalue weighted by molar-refractivity contribution is -0.124. The number of fused-ring (bicyclic) bond motifs is 1. The molecule has 2 fully saturated rings. The quantitative estimate of drug-likeness (QED) is 0.510. The Morgan fingerprint density at radius 2 is 2.00 bits per heavy atom. The average Bonchev–Trinajstić information content (AvgIpc) is 3.66. The highest BCUT2D eigenvalue weighted by Crippen LogP contribution is 2.53. The molecule has 1 saturated carbocycles. The van der Waals surface area contributed by atoms with Crippen LogP contribution >= 0.6 is 0 Å². The molecule has 8 nitrogen and oxygen atoms in total. The lowest BCUT2D eigenvalue weighted by atomic mass is 9.96. The Hall–Kier alpha value is -2.91. The number of carbonyl (C=O) groups is 1. The maximum absolute atomic E-state index is 14.1. The number of benzene rings is 1. The van der Waals surface area contributed by atoms with Crippen LogP contribution in [0.15, 0.2) is 47.1 Å². The van der Waals surface area contributed by atoms with Crippen molar-refractivity contribution >= 4 is 32.2 Å². The average molecular weight is 508 g/mol. The monoisotopic (exact) mass is 507 g/mol. The molecule has 2 unspecified atom stereocenters.